The Labute approximate surface area is 171 Å². The van der Waals surface area contributed by atoms with Gasteiger partial charge in [-0.25, -0.2) is 0 Å². The molecule has 0 spiro atoms. The van der Waals surface area contributed by atoms with Crippen LogP contribution in [0.2, 0.25) is 0 Å². The number of amides is 2. The minimum absolute atomic E-state index is 0.00422. The maximum Gasteiger partial charge on any atom is 0.226 e. The van der Waals surface area contributed by atoms with Gasteiger partial charge in [0.05, 0.1) is 0 Å². The van der Waals surface area contributed by atoms with E-state index in [1.54, 1.807) is 0 Å². The zero-order valence-electron chi connectivity index (χ0n) is 19.0. The molecule has 0 radical (unpaired) electrons. The Morgan fingerprint density at radius 1 is 1.00 bits per heavy atom. The van der Waals surface area contributed by atoms with Gasteiger partial charge in [0.15, 0.2) is 0 Å². The van der Waals surface area contributed by atoms with Gasteiger partial charge in [-0.2, -0.15) is 0 Å². The van der Waals surface area contributed by atoms with Crippen LogP contribution in [0, 0.1) is 11.8 Å². The average Bonchev–Trinajstić information content (AvgIpc) is 2.66. The number of benzene rings is 1. The van der Waals surface area contributed by atoms with E-state index in [0.717, 1.165) is 36.2 Å². The van der Waals surface area contributed by atoms with Crippen molar-refractivity contribution in [3.63, 3.8) is 0 Å². The Morgan fingerprint density at radius 3 is 2.07 bits per heavy atom. The van der Waals surface area contributed by atoms with Gasteiger partial charge in [0.1, 0.15) is 0 Å². The predicted octanol–water partition coefficient (Wildman–Crippen LogP) is 4.91. The van der Waals surface area contributed by atoms with E-state index in [2.05, 4.69) is 37.9 Å². The maximum atomic E-state index is 13.2. The van der Waals surface area contributed by atoms with E-state index in [1.807, 2.05) is 51.0 Å². The SMILES string of the molecule is CCC(CC)C(=O)N(Cc1cc(NC(=O)C(C)C)ccc1N(C)C)[C@H](C)CC. The monoisotopic (exact) mass is 389 g/mol. The summed E-state index contributed by atoms with van der Waals surface area (Å²) in [5.41, 5.74) is 2.89. The van der Waals surface area contributed by atoms with Crippen LogP contribution in [0.5, 0.6) is 0 Å². The van der Waals surface area contributed by atoms with E-state index in [-0.39, 0.29) is 29.7 Å². The van der Waals surface area contributed by atoms with Gasteiger partial charge < -0.3 is 15.1 Å². The minimum Gasteiger partial charge on any atom is -0.377 e. The molecule has 1 aromatic carbocycles. The Morgan fingerprint density at radius 2 is 1.61 bits per heavy atom. The number of hydrogen-bond donors (Lipinski definition) is 1. The van der Waals surface area contributed by atoms with Gasteiger partial charge >= 0.3 is 0 Å². The van der Waals surface area contributed by atoms with Crippen molar-refractivity contribution >= 4 is 23.2 Å². The van der Waals surface area contributed by atoms with Crippen molar-refractivity contribution in [2.75, 3.05) is 24.3 Å². The molecule has 1 N–H and O–H groups in total. The second-order valence-corrected chi connectivity index (χ2v) is 8.12. The van der Waals surface area contributed by atoms with E-state index in [9.17, 15) is 9.59 Å². The van der Waals surface area contributed by atoms with Crippen LogP contribution in [0.4, 0.5) is 11.4 Å². The summed E-state index contributed by atoms with van der Waals surface area (Å²) < 4.78 is 0. The first kappa shape index (κ1) is 24.0. The Hall–Kier alpha value is -2.04. The van der Waals surface area contributed by atoms with Crippen molar-refractivity contribution in [1.29, 1.82) is 0 Å². The van der Waals surface area contributed by atoms with Crippen LogP contribution >= 0.6 is 0 Å². The molecule has 0 fully saturated rings. The highest BCUT2D eigenvalue weighted by molar-refractivity contribution is 5.92. The van der Waals surface area contributed by atoms with Crippen LogP contribution in [-0.4, -0.2) is 36.9 Å². The molecular formula is C23H39N3O2. The van der Waals surface area contributed by atoms with Crippen molar-refractivity contribution in [2.45, 2.75) is 73.4 Å². The second kappa shape index (κ2) is 11.1. The van der Waals surface area contributed by atoms with Crippen molar-refractivity contribution in [2.24, 2.45) is 11.8 Å². The molecule has 1 aromatic rings. The Balaban J connectivity index is 3.27. The lowest BCUT2D eigenvalue weighted by atomic mass is 9.99. The van der Waals surface area contributed by atoms with Gasteiger partial charge in [0, 0.05) is 49.9 Å². The molecule has 0 saturated heterocycles. The summed E-state index contributed by atoms with van der Waals surface area (Å²) in [5, 5.41) is 2.98. The molecule has 0 saturated carbocycles. The molecule has 2 amide bonds. The average molecular weight is 390 g/mol. The van der Waals surface area contributed by atoms with Gasteiger partial charge in [-0.3, -0.25) is 9.59 Å². The molecular weight excluding hydrogens is 350 g/mol. The molecule has 158 valence electrons. The van der Waals surface area contributed by atoms with Crippen LogP contribution < -0.4 is 10.2 Å². The van der Waals surface area contributed by atoms with E-state index in [4.69, 9.17) is 0 Å². The number of nitrogens with one attached hydrogen (secondary N) is 1. The van der Waals surface area contributed by atoms with Crippen molar-refractivity contribution in [3.8, 4) is 0 Å². The fraction of sp³-hybridized carbons (Fsp3) is 0.652. The first-order chi connectivity index (χ1) is 13.2. The van der Waals surface area contributed by atoms with Crippen LogP contribution in [0.1, 0.15) is 66.4 Å². The van der Waals surface area contributed by atoms with Gasteiger partial charge in [-0.1, -0.05) is 34.6 Å². The first-order valence-electron chi connectivity index (χ1n) is 10.6. The zero-order valence-corrected chi connectivity index (χ0v) is 19.0. The summed E-state index contributed by atoms with van der Waals surface area (Å²) in [5.74, 6) is 0.196. The second-order valence-electron chi connectivity index (χ2n) is 8.12. The van der Waals surface area contributed by atoms with E-state index in [0.29, 0.717) is 6.54 Å². The lowest BCUT2D eigenvalue weighted by Gasteiger charge is -2.33. The predicted molar refractivity (Wildman–Crippen MR) is 119 cm³/mol. The largest absolute Gasteiger partial charge is 0.377 e. The van der Waals surface area contributed by atoms with E-state index in [1.165, 1.54) is 0 Å². The van der Waals surface area contributed by atoms with Gasteiger partial charge in [0.25, 0.3) is 0 Å². The van der Waals surface area contributed by atoms with Crippen molar-refractivity contribution in [1.82, 2.24) is 4.90 Å². The highest BCUT2D eigenvalue weighted by atomic mass is 16.2. The number of hydrogen-bond acceptors (Lipinski definition) is 3. The van der Waals surface area contributed by atoms with Crippen molar-refractivity contribution < 1.29 is 9.59 Å². The zero-order chi connectivity index (χ0) is 21.4. The Kier molecular flexibility index (Phi) is 9.50. The molecule has 0 aliphatic carbocycles. The molecule has 1 atom stereocenters. The fourth-order valence-electron chi connectivity index (χ4n) is 3.24. The number of carbonyl (C=O) groups is 2. The fourth-order valence-corrected chi connectivity index (χ4v) is 3.24. The molecule has 0 bridgehead atoms. The summed E-state index contributed by atoms with van der Waals surface area (Å²) in [7, 11) is 4.00. The first-order valence-corrected chi connectivity index (χ1v) is 10.6. The third-order valence-electron chi connectivity index (χ3n) is 5.43. The normalized spacial score (nSPS) is 12.2. The molecule has 0 aliphatic rings. The molecule has 5 nitrogen and oxygen atoms in total. The highest BCUT2D eigenvalue weighted by Gasteiger charge is 2.26. The smallest absolute Gasteiger partial charge is 0.226 e. The lowest BCUT2D eigenvalue weighted by molar-refractivity contribution is -0.138. The maximum absolute atomic E-state index is 13.2. The standard InChI is InChI=1S/C23H39N3O2/c1-9-17(6)26(23(28)18(10-2)11-3)15-19-14-20(24-22(27)16(4)5)12-13-21(19)25(7)8/h12-14,16-18H,9-11,15H2,1-8H3,(H,24,27)/t17-/m1/s1. The van der Waals surface area contributed by atoms with Crippen LogP contribution in [0.15, 0.2) is 18.2 Å². The number of nitrogens with zero attached hydrogens (tertiary/aromatic N) is 2. The topological polar surface area (TPSA) is 52.7 Å². The lowest BCUT2D eigenvalue weighted by Crippen LogP contribution is -2.41. The quantitative estimate of drug-likeness (QED) is 0.618. The summed E-state index contributed by atoms with van der Waals surface area (Å²) in [6.07, 6.45) is 2.62. The van der Waals surface area contributed by atoms with E-state index >= 15 is 0 Å². The number of carbonyl (C=O) groups excluding carboxylic acids is 2. The van der Waals surface area contributed by atoms with E-state index < -0.39 is 0 Å². The third kappa shape index (κ3) is 6.25. The van der Waals surface area contributed by atoms with Crippen LogP contribution in [-0.2, 0) is 16.1 Å². The molecule has 1 rings (SSSR count). The molecule has 5 heteroatoms. The minimum atomic E-state index is -0.0787. The molecule has 0 unspecified atom stereocenters. The number of rotatable bonds is 10. The van der Waals surface area contributed by atoms with Crippen LogP contribution in [0.3, 0.4) is 0 Å². The van der Waals surface area contributed by atoms with Gasteiger partial charge in [-0.05, 0) is 49.9 Å². The summed E-state index contributed by atoms with van der Waals surface area (Å²) in [4.78, 5) is 29.4. The summed E-state index contributed by atoms with van der Waals surface area (Å²) in [6, 6.07) is 6.11. The Bertz CT molecular complexity index is 651. The molecule has 0 heterocycles. The number of anilines is 2. The van der Waals surface area contributed by atoms with Gasteiger partial charge in [0.2, 0.25) is 11.8 Å². The summed E-state index contributed by atoms with van der Waals surface area (Å²) in [6.45, 7) is 12.7. The van der Waals surface area contributed by atoms with Crippen molar-refractivity contribution in [3.05, 3.63) is 23.8 Å². The van der Waals surface area contributed by atoms with Crippen LogP contribution in [0.25, 0.3) is 0 Å². The highest BCUT2D eigenvalue weighted by Crippen LogP contribution is 2.27. The molecule has 28 heavy (non-hydrogen) atoms. The summed E-state index contributed by atoms with van der Waals surface area (Å²) >= 11 is 0. The third-order valence-corrected chi connectivity index (χ3v) is 5.43. The van der Waals surface area contributed by atoms with Gasteiger partial charge in [-0.15, -0.1) is 0 Å². The molecule has 0 aromatic heterocycles. The molecule has 0 aliphatic heterocycles.